The van der Waals surface area contributed by atoms with Crippen molar-refractivity contribution in [1.29, 1.82) is 0 Å². The van der Waals surface area contributed by atoms with Crippen molar-refractivity contribution in [2.24, 2.45) is 0 Å². The number of nitrogens with zero attached hydrogens (tertiary/aromatic N) is 3. The molecular weight excluding hydrogens is 466 g/mol. The molecule has 3 heterocycles. The minimum Gasteiger partial charge on any atom is -0.335 e. The molecule has 0 N–H and O–H groups in total. The molecule has 0 unspecified atom stereocenters. The number of thioether (sulfide) groups is 1. The molecule has 2 atom stereocenters. The summed E-state index contributed by atoms with van der Waals surface area (Å²) < 4.78 is 25.7. The Morgan fingerprint density at radius 2 is 2.06 bits per heavy atom. The molecule has 7 nitrogen and oxygen atoms in total. The van der Waals surface area contributed by atoms with Gasteiger partial charge >= 0.3 is 0 Å². The van der Waals surface area contributed by atoms with Crippen molar-refractivity contribution in [3.8, 4) is 0 Å². The van der Waals surface area contributed by atoms with Gasteiger partial charge in [0.05, 0.1) is 22.6 Å². The van der Waals surface area contributed by atoms with E-state index in [4.69, 9.17) is 4.98 Å². The Morgan fingerprint density at radius 3 is 2.72 bits per heavy atom. The van der Waals surface area contributed by atoms with E-state index in [2.05, 4.69) is 0 Å². The SMILES string of the molecule is CC[C@@H](C)N(C(=O)CSc1nc2sc3c(c2c(=O)n1CC)CCCC3)[C@H]1CCS(=O)(=O)C1. The zero-order chi connectivity index (χ0) is 23.0. The summed E-state index contributed by atoms with van der Waals surface area (Å²) in [6.45, 7) is 6.40. The Kier molecular flexibility index (Phi) is 7.03. The third-order valence-corrected chi connectivity index (χ3v) is 10.5. The molecule has 0 aromatic carbocycles. The predicted molar refractivity (Wildman–Crippen MR) is 131 cm³/mol. The Balaban J connectivity index is 1.60. The third-order valence-electron chi connectivity index (χ3n) is 6.64. The molecule has 1 amide bonds. The normalized spacial score (nSPS) is 20.9. The summed E-state index contributed by atoms with van der Waals surface area (Å²) in [5, 5.41) is 1.33. The molecule has 1 aliphatic carbocycles. The van der Waals surface area contributed by atoms with Crippen LogP contribution in [0.5, 0.6) is 0 Å². The van der Waals surface area contributed by atoms with Gasteiger partial charge in [0.15, 0.2) is 15.0 Å². The molecule has 4 rings (SSSR count). The largest absolute Gasteiger partial charge is 0.335 e. The lowest BCUT2D eigenvalue weighted by Crippen LogP contribution is -2.47. The molecule has 2 aromatic rings. The maximum absolute atomic E-state index is 13.3. The average Bonchev–Trinajstić information content (AvgIpc) is 3.31. The highest BCUT2D eigenvalue weighted by Crippen LogP contribution is 2.35. The molecule has 32 heavy (non-hydrogen) atoms. The van der Waals surface area contributed by atoms with Crippen LogP contribution in [0.2, 0.25) is 0 Å². The van der Waals surface area contributed by atoms with E-state index in [1.54, 1.807) is 20.8 Å². The number of aryl methyl sites for hydroxylation is 2. The molecule has 1 fully saturated rings. The van der Waals surface area contributed by atoms with Crippen molar-refractivity contribution in [2.75, 3.05) is 17.3 Å². The van der Waals surface area contributed by atoms with Gasteiger partial charge < -0.3 is 4.90 Å². The summed E-state index contributed by atoms with van der Waals surface area (Å²) in [7, 11) is -3.08. The molecule has 2 aromatic heterocycles. The number of aromatic nitrogens is 2. The maximum atomic E-state index is 13.3. The van der Waals surface area contributed by atoms with E-state index >= 15 is 0 Å². The minimum atomic E-state index is -3.08. The molecule has 2 aliphatic rings. The van der Waals surface area contributed by atoms with Gasteiger partial charge in [-0.05, 0) is 57.9 Å². The molecular formula is C22H31N3O4S3. The number of carbonyl (C=O) groups excluding carboxylic acids is 1. The standard InChI is InChI=1S/C22H31N3O4S3/c1-4-14(3)25(15-10-11-32(28,29)13-15)18(26)12-30-22-23-20-19(21(27)24(22)5-2)16-8-6-7-9-17(16)31-20/h14-15H,4-13H2,1-3H3/t14-,15+/m1/s1. The first-order valence-corrected chi connectivity index (χ1v) is 15.1. The van der Waals surface area contributed by atoms with Gasteiger partial charge in [-0.3, -0.25) is 14.2 Å². The van der Waals surface area contributed by atoms with Gasteiger partial charge in [0, 0.05) is 23.5 Å². The number of thiophene rings is 1. The van der Waals surface area contributed by atoms with Crippen LogP contribution in [0.25, 0.3) is 10.2 Å². The van der Waals surface area contributed by atoms with Gasteiger partial charge in [0.1, 0.15) is 4.83 Å². The van der Waals surface area contributed by atoms with Crippen molar-refractivity contribution in [3.63, 3.8) is 0 Å². The van der Waals surface area contributed by atoms with Gasteiger partial charge in [-0.1, -0.05) is 18.7 Å². The van der Waals surface area contributed by atoms with Crippen LogP contribution in [0.1, 0.15) is 56.9 Å². The number of hydrogen-bond acceptors (Lipinski definition) is 7. The van der Waals surface area contributed by atoms with Crippen LogP contribution in [0, 0.1) is 0 Å². The Morgan fingerprint density at radius 1 is 1.31 bits per heavy atom. The number of sulfone groups is 1. The second kappa shape index (κ2) is 9.46. The zero-order valence-corrected chi connectivity index (χ0v) is 21.4. The van der Waals surface area contributed by atoms with Gasteiger partial charge in [0.25, 0.3) is 5.56 Å². The van der Waals surface area contributed by atoms with Crippen LogP contribution < -0.4 is 5.56 Å². The van der Waals surface area contributed by atoms with Gasteiger partial charge in [-0.25, -0.2) is 13.4 Å². The second-order valence-corrected chi connectivity index (χ2v) is 13.0. The van der Waals surface area contributed by atoms with E-state index in [1.165, 1.54) is 22.2 Å². The van der Waals surface area contributed by atoms with E-state index in [9.17, 15) is 18.0 Å². The van der Waals surface area contributed by atoms with Gasteiger partial charge in [-0.15, -0.1) is 11.3 Å². The summed E-state index contributed by atoms with van der Waals surface area (Å²) in [6.07, 6.45) is 5.47. The van der Waals surface area contributed by atoms with E-state index in [-0.39, 0.29) is 40.8 Å². The molecule has 10 heteroatoms. The Labute approximate surface area is 197 Å². The van der Waals surface area contributed by atoms with E-state index in [0.29, 0.717) is 18.1 Å². The number of carbonyl (C=O) groups is 1. The lowest BCUT2D eigenvalue weighted by Gasteiger charge is -2.33. The van der Waals surface area contributed by atoms with Crippen molar-refractivity contribution in [1.82, 2.24) is 14.5 Å². The summed E-state index contributed by atoms with van der Waals surface area (Å²) in [6, 6.07) is -0.301. The van der Waals surface area contributed by atoms with Crippen molar-refractivity contribution in [3.05, 3.63) is 20.8 Å². The topological polar surface area (TPSA) is 89.3 Å². The molecule has 1 saturated heterocycles. The highest BCUT2D eigenvalue weighted by molar-refractivity contribution is 7.99. The van der Waals surface area contributed by atoms with Gasteiger partial charge in [-0.2, -0.15) is 0 Å². The highest BCUT2D eigenvalue weighted by atomic mass is 32.2. The first kappa shape index (κ1) is 23.8. The molecule has 0 radical (unpaired) electrons. The van der Waals surface area contributed by atoms with Crippen LogP contribution in [-0.2, 0) is 34.0 Å². The summed E-state index contributed by atoms with van der Waals surface area (Å²) in [5.41, 5.74) is 1.17. The summed E-state index contributed by atoms with van der Waals surface area (Å²) >= 11 is 2.90. The zero-order valence-electron chi connectivity index (χ0n) is 18.9. The van der Waals surface area contributed by atoms with E-state index in [0.717, 1.165) is 42.3 Å². The Hall–Kier alpha value is -1.39. The molecule has 1 aliphatic heterocycles. The average molecular weight is 498 g/mol. The predicted octanol–water partition coefficient (Wildman–Crippen LogP) is 3.26. The molecule has 176 valence electrons. The van der Waals surface area contributed by atoms with Crippen LogP contribution in [0.15, 0.2) is 9.95 Å². The van der Waals surface area contributed by atoms with E-state index in [1.807, 2.05) is 20.8 Å². The molecule has 0 saturated carbocycles. The third kappa shape index (κ3) is 4.50. The number of hydrogen-bond donors (Lipinski definition) is 0. The quantitative estimate of drug-likeness (QED) is 0.431. The second-order valence-electron chi connectivity index (χ2n) is 8.74. The van der Waals surface area contributed by atoms with Crippen molar-refractivity contribution in [2.45, 2.75) is 83.1 Å². The summed E-state index contributed by atoms with van der Waals surface area (Å²) in [5.74, 6) is 0.234. The van der Waals surface area contributed by atoms with Crippen LogP contribution in [0.3, 0.4) is 0 Å². The fourth-order valence-electron chi connectivity index (χ4n) is 4.81. The van der Waals surface area contributed by atoms with Crippen LogP contribution in [0.4, 0.5) is 0 Å². The fourth-order valence-corrected chi connectivity index (χ4v) is 8.76. The maximum Gasteiger partial charge on any atom is 0.263 e. The minimum absolute atomic E-state index is 0.00693. The number of rotatable bonds is 7. The van der Waals surface area contributed by atoms with Gasteiger partial charge in [0.2, 0.25) is 5.91 Å². The first-order chi connectivity index (χ1) is 15.3. The Bertz CT molecular complexity index is 1190. The monoisotopic (exact) mass is 497 g/mol. The van der Waals surface area contributed by atoms with E-state index < -0.39 is 9.84 Å². The number of amides is 1. The first-order valence-electron chi connectivity index (χ1n) is 11.4. The molecule has 0 bridgehead atoms. The van der Waals surface area contributed by atoms with Crippen molar-refractivity contribution >= 4 is 49.1 Å². The summed E-state index contributed by atoms with van der Waals surface area (Å²) in [4.78, 5) is 35.1. The fraction of sp³-hybridized carbons (Fsp3) is 0.682. The lowest BCUT2D eigenvalue weighted by molar-refractivity contribution is -0.132. The van der Waals surface area contributed by atoms with Crippen LogP contribution in [-0.4, -0.2) is 58.1 Å². The van der Waals surface area contributed by atoms with Crippen LogP contribution >= 0.6 is 23.1 Å². The molecule has 0 spiro atoms. The smallest absolute Gasteiger partial charge is 0.263 e. The van der Waals surface area contributed by atoms with Crippen molar-refractivity contribution < 1.29 is 13.2 Å². The number of fused-ring (bicyclic) bond motifs is 3. The highest BCUT2D eigenvalue weighted by Gasteiger charge is 2.36. The lowest BCUT2D eigenvalue weighted by atomic mass is 9.97.